The second-order valence-corrected chi connectivity index (χ2v) is 6.54. The van der Waals surface area contributed by atoms with Gasteiger partial charge in [0.05, 0.1) is 6.04 Å². The predicted molar refractivity (Wildman–Crippen MR) is 108 cm³/mol. The number of amides is 1. The summed E-state index contributed by atoms with van der Waals surface area (Å²) in [7, 11) is 0. The Labute approximate surface area is 162 Å². The molecule has 2 N–H and O–H groups in total. The van der Waals surface area contributed by atoms with Gasteiger partial charge in [0.25, 0.3) is 5.91 Å². The van der Waals surface area contributed by atoms with E-state index in [1.54, 1.807) is 6.07 Å². The van der Waals surface area contributed by atoms with E-state index in [0.29, 0.717) is 11.1 Å². The van der Waals surface area contributed by atoms with Gasteiger partial charge in [0.1, 0.15) is 11.6 Å². The minimum atomic E-state index is -0.565. The number of nitrogens with one attached hydrogen (secondary N) is 1. The molecule has 0 spiro atoms. The summed E-state index contributed by atoms with van der Waals surface area (Å²) in [6, 6.07) is 25.5. The van der Waals surface area contributed by atoms with Crippen molar-refractivity contribution in [2.45, 2.75) is 6.04 Å². The highest BCUT2D eigenvalue weighted by molar-refractivity contribution is 5.96. The van der Waals surface area contributed by atoms with Crippen molar-refractivity contribution in [1.29, 1.82) is 0 Å². The number of hydrogen-bond donors (Lipinski definition) is 2. The van der Waals surface area contributed by atoms with Crippen molar-refractivity contribution in [2.75, 3.05) is 0 Å². The number of phenols is 1. The van der Waals surface area contributed by atoms with Gasteiger partial charge in [-0.05, 0) is 46.7 Å². The lowest BCUT2D eigenvalue weighted by Crippen LogP contribution is -2.29. The van der Waals surface area contributed by atoms with Crippen LogP contribution in [-0.4, -0.2) is 11.0 Å². The standard InChI is InChI=1S/C24H18FNO2/c25-19-13-10-18(11-14-19)24(28)26-23(17-7-2-1-3-8-17)22-20-9-5-4-6-16(20)12-15-21(22)27/h1-15,23,27H,(H,26,28)/t23-/m0/s1. The molecule has 138 valence electrons. The molecule has 4 heteroatoms. The van der Waals surface area contributed by atoms with Crippen LogP contribution in [0.5, 0.6) is 5.75 Å². The van der Waals surface area contributed by atoms with Crippen LogP contribution < -0.4 is 5.32 Å². The molecule has 1 amide bonds. The molecule has 0 unspecified atom stereocenters. The fourth-order valence-corrected chi connectivity index (χ4v) is 3.37. The molecule has 0 saturated heterocycles. The van der Waals surface area contributed by atoms with Crippen molar-refractivity contribution in [3.05, 3.63) is 114 Å². The molecule has 0 aliphatic rings. The Morgan fingerprint density at radius 1 is 0.821 bits per heavy atom. The topological polar surface area (TPSA) is 49.3 Å². The lowest BCUT2D eigenvalue weighted by Gasteiger charge is -2.22. The van der Waals surface area contributed by atoms with E-state index in [0.717, 1.165) is 16.3 Å². The van der Waals surface area contributed by atoms with Crippen molar-refractivity contribution in [1.82, 2.24) is 5.32 Å². The van der Waals surface area contributed by atoms with Gasteiger partial charge in [-0.2, -0.15) is 0 Å². The zero-order valence-corrected chi connectivity index (χ0v) is 15.0. The second-order valence-electron chi connectivity index (χ2n) is 6.54. The number of aromatic hydroxyl groups is 1. The van der Waals surface area contributed by atoms with Crippen LogP contribution in [0.2, 0.25) is 0 Å². The Morgan fingerprint density at radius 2 is 1.50 bits per heavy atom. The molecule has 0 aliphatic heterocycles. The Morgan fingerprint density at radius 3 is 2.25 bits per heavy atom. The average molecular weight is 371 g/mol. The Hall–Kier alpha value is -3.66. The highest BCUT2D eigenvalue weighted by atomic mass is 19.1. The second kappa shape index (κ2) is 7.53. The first-order valence-electron chi connectivity index (χ1n) is 8.95. The molecule has 28 heavy (non-hydrogen) atoms. The van der Waals surface area contributed by atoms with Crippen LogP contribution in [0.15, 0.2) is 91.0 Å². The normalized spacial score (nSPS) is 11.9. The van der Waals surface area contributed by atoms with Gasteiger partial charge in [-0.25, -0.2) is 4.39 Å². The van der Waals surface area contributed by atoms with Crippen molar-refractivity contribution >= 4 is 16.7 Å². The number of carbonyl (C=O) groups is 1. The molecule has 1 atom stereocenters. The third-order valence-electron chi connectivity index (χ3n) is 4.75. The van der Waals surface area contributed by atoms with E-state index in [9.17, 15) is 14.3 Å². The fourth-order valence-electron chi connectivity index (χ4n) is 3.37. The average Bonchev–Trinajstić information content (AvgIpc) is 2.73. The summed E-state index contributed by atoms with van der Waals surface area (Å²) in [4.78, 5) is 12.8. The molecule has 0 bridgehead atoms. The maximum absolute atomic E-state index is 13.2. The molecule has 4 aromatic carbocycles. The van der Waals surface area contributed by atoms with Crippen molar-refractivity contribution in [3.8, 4) is 5.75 Å². The van der Waals surface area contributed by atoms with Crippen LogP contribution in [0.1, 0.15) is 27.5 Å². The molecule has 0 heterocycles. The summed E-state index contributed by atoms with van der Waals surface area (Å²) in [5, 5.41) is 15.5. The first-order chi connectivity index (χ1) is 13.6. The van der Waals surface area contributed by atoms with E-state index in [1.807, 2.05) is 60.7 Å². The Bertz CT molecular complexity index is 1120. The molecule has 4 rings (SSSR count). The third kappa shape index (κ3) is 3.45. The largest absolute Gasteiger partial charge is 0.508 e. The smallest absolute Gasteiger partial charge is 0.252 e. The van der Waals surface area contributed by atoms with Gasteiger partial charge in [-0.3, -0.25) is 4.79 Å². The van der Waals surface area contributed by atoms with Gasteiger partial charge in [0.2, 0.25) is 0 Å². The lowest BCUT2D eigenvalue weighted by molar-refractivity contribution is 0.0943. The van der Waals surface area contributed by atoms with Gasteiger partial charge in [-0.1, -0.05) is 60.7 Å². The van der Waals surface area contributed by atoms with Gasteiger partial charge in [-0.15, -0.1) is 0 Å². The maximum atomic E-state index is 13.2. The summed E-state index contributed by atoms with van der Waals surface area (Å²) in [5.41, 5.74) is 1.81. The highest BCUT2D eigenvalue weighted by Gasteiger charge is 2.23. The summed E-state index contributed by atoms with van der Waals surface area (Å²) < 4.78 is 13.2. The van der Waals surface area contributed by atoms with Crippen LogP contribution in [0.4, 0.5) is 4.39 Å². The van der Waals surface area contributed by atoms with Gasteiger partial charge in [0, 0.05) is 11.1 Å². The first kappa shape index (κ1) is 17.7. The number of hydrogen-bond acceptors (Lipinski definition) is 2. The summed E-state index contributed by atoms with van der Waals surface area (Å²) >= 11 is 0. The van der Waals surface area contributed by atoms with E-state index in [2.05, 4.69) is 5.32 Å². The van der Waals surface area contributed by atoms with E-state index in [-0.39, 0.29) is 11.7 Å². The zero-order chi connectivity index (χ0) is 19.5. The summed E-state index contributed by atoms with van der Waals surface area (Å²) in [5.74, 6) is -0.643. The van der Waals surface area contributed by atoms with Crippen molar-refractivity contribution in [3.63, 3.8) is 0 Å². The van der Waals surface area contributed by atoms with Crippen LogP contribution >= 0.6 is 0 Å². The molecule has 3 nitrogen and oxygen atoms in total. The minimum Gasteiger partial charge on any atom is -0.508 e. The summed E-state index contributed by atoms with van der Waals surface area (Å²) in [6.45, 7) is 0. The zero-order valence-electron chi connectivity index (χ0n) is 15.0. The van der Waals surface area contributed by atoms with Gasteiger partial charge >= 0.3 is 0 Å². The molecule has 4 aromatic rings. The van der Waals surface area contributed by atoms with Crippen LogP contribution in [-0.2, 0) is 0 Å². The number of fused-ring (bicyclic) bond motifs is 1. The Balaban J connectivity index is 1.83. The van der Waals surface area contributed by atoms with Crippen LogP contribution in [0.25, 0.3) is 10.8 Å². The van der Waals surface area contributed by atoms with E-state index in [4.69, 9.17) is 0 Å². The van der Waals surface area contributed by atoms with Crippen molar-refractivity contribution < 1.29 is 14.3 Å². The molecule has 0 aliphatic carbocycles. The molecular weight excluding hydrogens is 353 g/mol. The highest BCUT2D eigenvalue weighted by Crippen LogP contribution is 2.36. The summed E-state index contributed by atoms with van der Waals surface area (Å²) in [6.07, 6.45) is 0. The number of carbonyl (C=O) groups excluding carboxylic acids is 1. The van der Waals surface area contributed by atoms with Gasteiger partial charge < -0.3 is 10.4 Å². The molecule has 0 radical (unpaired) electrons. The quantitative estimate of drug-likeness (QED) is 0.518. The van der Waals surface area contributed by atoms with E-state index >= 15 is 0 Å². The van der Waals surface area contributed by atoms with Crippen LogP contribution in [0, 0.1) is 5.82 Å². The van der Waals surface area contributed by atoms with Crippen LogP contribution in [0.3, 0.4) is 0 Å². The molecule has 0 saturated carbocycles. The van der Waals surface area contributed by atoms with Gasteiger partial charge in [0.15, 0.2) is 0 Å². The number of rotatable bonds is 4. The third-order valence-corrected chi connectivity index (χ3v) is 4.75. The fraction of sp³-hybridized carbons (Fsp3) is 0.0417. The van der Waals surface area contributed by atoms with E-state index in [1.165, 1.54) is 24.3 Å². The van der Waals surface area contributed by atoms with Crippen molar-refractivity contribution in [2.24, 2.45) is 0 Å². The minimum absolute atomic E-state index is 0.104. The van der Waals surface area contributed by atoms with E-state index < -0.39 is 11.9 Å². The predicted octanol–water partition coefficient (Wildman–Crippen LogP) is 5.20. The first-order valence-corrected chi connectivity index (χ1v) is 8.95. The monoisotopic (exact) mass is 371 g/mol. The number of benzene rings is 4. The molecule has 0 aromatic heterocycles. The number of halogens is 1. The SMILES string of the molecule is O=C(N[C@@H](c1ccccc1)c1c(O)ccc2ccccc12)c1ccc(F)cc1. The number of phenolic OH excluding ortho intramolecular Hbond substituents is 1. The Kier molecular flexibility index (Phi) is 4.77. The molecule has 0 fully saturated rings. The lowest BCUT2D eigenvalue weighted by atomic mass is 9.92. The maximum Gasteiger partial charge on any atom is 0.252 e. The molecular formula is C24H18FNO2.